The van der Waals surface area contributed by atoms with Crippen LogP contribution in [0.25, 0.3) is 11.1 Å². The largest absolute Gasteiger partial charge is 0.417 e. The van der Waals surface area contributed by atoms with Crippen molar-refractivity contribution < 1.29 is 35.9 Å². The van der Waals surface area contributed by atoms with Crippen LogP contribution in [0.4, 0.5) is 26.3 Å². The molecule has 0 aromatic heterocycles. The highest BCUT2D eigenvalue weighted by molar-refractivity contribution is 6.06. The predicted octanol–water partition coefficient (Wildman–Crippen LogP) is 3.59. The molecule has 2 aromatic rings. The average molecular weight is 376 g/mol. The molecule has 0 aliphatic heterocycles. The minimum absolute atomic E-state index is 0.139. The Morgan fingerprint density at radius 1 is 0.769 bits per heavy atom. The van der Waals surface area contributed by atoms with E-state index in [9.17, 15) is 35.9 Å². The molecule has 0 heterocycles. The number of benzene rings is 2. The molecule has 138 valence electrons. The van der Waals surface area contributed by atoms with Crippen molar-refractivity contribution in [3.8, 4) is 11.1 Å². The van der Waals surface area contributed by atoms with Crippen LogP contribution in [-0.2, 0) is 12.4 Å². The molecule has 0 saturated heterocycles. The van der Waals surface area contributed by atoms with E-state index in [0.717, 1.165) is 12.1 Å². The number of halogens is 6. The van der Waals surface area contributed by atoms with Gasteiger partial charge in [-0.05, 0) is 23.8 Å². The van der Waals surface area contributed by atoms with Gasteiger partial charge in [0.25, 0.3) is 0 Å². The van der Waals surface area contributed by atoms with Gasteiger partial charge < -0.3 is 11.5 Å². The fourth-order valence-corrected chi connectivity index (χ4v) is 2.43. The molecule has 0 unspecified atom stereocenters. The summed E-state index contributed by atoms with van der Waals surface area (Å²) in [5.41, 5.74) is 3.87. The van der Waals surface area contributed by atoms with E-state index in [4.69, 9.17) is 11.5 Å². The molecule has 0 atom stereocenters. The van der Waals surface area contributed by atoms with Gasteiger partial charge in [0.1, 0.15) is 0 Å². The molecule has 0 radical (unpaired) electrons. The lowest BCUT2D eigenvalue weighted by atomic mass is 9.88. The predicted molar refractivity (Wildman–Crippen MR) is 78.9 cm³/mol. The smallest absolute Gasteiger partial charge is 0.366 e. The van der Waals surface area contributed by atoms with Crippen LogP contribution >= 0.6 is 0 Å². The third kappa shape index (κ3) is 3.63. The van der Waals surface area contributed by atoms with E-state index in [0.29, 0.717) is 0 Å². The van der Waals surface area contributed by atoms with Gasteiger partial charge >= 0.3 is 12.4 Å². The standard InChI is InChI=1S/C16H10F6N2O2/c17-15(18,19)7-5-10(14(24)26)12(11(6-7)16(20,21)22)8-3-1-2-4-9(8)13(23)25/h1-6H,(H2,23,25)(H2,24,26). The summed E-state index contributed by atoms with van der Waals surface area (Å²) in [5.74, 6) is -2.64. The maximum atomic E-state index is 13.4. The third-order valence-corrected chi connectivity index (χ3v) is 3.50. The summed E-state index contributed by atoms with van der Waals surface area (Å²) in [5, 5.41) is 0. The molecular weight excluding hydrogens is 366 g/mol. The monoisotopic (exact) mass is 376 g/mol. The topological polar surface area (TPSA) is 86.2 Å². The fourth-order valence-electron chi connectivity index (χ4n) is 2.43. The van der Waals surface area contributed by atoms with E-state index in [-0.39, 0.29) is 12.1 Å². The maximum absolute atomic E-state index is 13.4. The van der Waals surface area contributed by atoms with Crippen LogP contribution in [0.15, 0.2) is 36.4 Å². The molecule has 2 rings (SSSR count). The summed E-state index contributed by atoms with van der Waals surface area (Å²) < 4.78 is 79.2. The van der Waals surface area contributed by atoms with Crippen LogP contribution in [0.5, 0.6) is 0 Å². The molecule has 2 amide bonds. The lowest BCUT2D eigenvalue weighted by Gasteiger charge is -2.20. The summed E-state index contributed by atoms with van der Waals surface area (Å²) in [6, 6.07) is 4.73. The second-order valence-corrected chi connectivity index (χ2v) is 5.22. The maximum Gasteiger partial charge on any atom is 0.417 e. The minimum Gasteiger partial charge on any atom is -0.366 e. The molecule has 0 saturated carbocycles. The number of amides is 2. The summed E-state index contributed by atoms with van der Waals surface area (Å²) in [6.45, 7) is 0. The molecule has 0 aliphatic carbocycles. The second-order valence-electron chi connectivity index (χ2n) is 5.22. The third-order valence-electron chi connectivity index (χ3n) is 3.50. The highest BCUT2D eigenvalue weighted by Crippen LogP contribution is 2.43. The van der Waals surface area contributed by atoms with E-state index in [1.54, 1.807) is 0 Å². The summed E-state index contributed by atoms with van der Waals surface area (Å²) in [4.78, 5) is 23.1. The van der Waals surface area contributed by atoms with E-state index in [1.165, 1.54) is 12.1 Å². The first-order chi connectivity index (χ1) is 11.8. The van der Waals surface area contributed by atoms with Gasteiger partial charge in [0.05, 0.1) is 11.1 Å². The van der Waals surface area contributed by atoms with Crippen LogP contribution < -0.4 is 11.5 Å². The van der Waals surface area contributed by atoms with Gasteiger partial charge in [0.15, 0.2) is 0 Å². The van der Waals surface area contributed by atoms with Crippen molar-refractivity contribution in [2.45, 2.75) is 12.4 Å². The van der Waals surface area contributed by atoms with Gasteiger partial charge in [-0.1, -0.05) is 18.2 Å². The summed E-state index contributed by atoms with van der Waals surface area (Å²) >= 11 is 0. The zero-order valence-electron chi connectivity index (χ0n) is 12.7. The van der Waals surface area contributed by atoms with Crippen LogP contribution in [0.1, 0.15) is 31.8 Å². The van der Waals surface area contributed by atoms with Crippen molar-refractivity contribution in [2.75, 3.05) is 0 Å². The Kier molecular flexibility index (Phi) is 4.71. The molecule has 0 aliphatic rings. The van der Waals surface area contributed by atoms with Crippen molar-refractivity contribution >= 4 is 11.8 Å². The number of nitrogens with two attached hydrogens (primary N) is 2. The molecule has 26 heavy (non-hydrogen) atoms. The number of carbonyl (C=O) groups is 2. The van der Waals surface area contributed by atoms with Crippen molar-refractivity contribution in [1.82, 2.24) is 0 Å². The Morgan fingerprint density at radius 3 is 1.77 bits per heavy atom. The molecule has 4 nitrogen and oxygen atoms in total. The van der Waals surface area contributed by atoms with Gasteiger partial charge in [-0.25, -0.2) is 0 Å². The molecule has 0 bridgehead atoms. The number of rotatable bonds is 3. The van der Waals surface area contributed by atoms with Crippen molar-refractivity contribution in [3.63, 3.8) is 0 Å². The van der Waals surface area contributed by atoms with Gasteiger partial charge in [0.2, 0.25) is 11.8 Å². The van der Waals surface area contributed by atoms with Gasteiger partial charge in [-0.2, -0.15) is 26.3 Å². The van der Waals surface area contributed by atoms with Crippen LogP contribution in [-0.4, -0.2) is 11.8 Å². The molecule has 0 fully saturated rings. The summed E-state index contributed by atoms with van der Waals surface area (Å²) in [7, 11) is 0. The van der Waals surface area contributed by atoms with Crippen LogP contribution in [0.2, 0.25) is 0 Å². The lowest BCUT2D eigenvalue weighted by molar-refractivity contribution is -0.142. The normalized spacial score (nSPS) is 12.1. The fraction of sp³-hybridized carbons (Fsp3) is 0.125. The quantitative estimate of drug-likeness (QED) is 0.803. The Hall–Kier alpha value is -3.04. The van der Waals surface area contributed by atoms with Crippen molar-refractivity contribution in [2.24, 2.45) is 11.5 Å². The Morgan fingerprint density at radius 2 is 1.31 bits per heavy atom. The highest BCUT2D eigenvalue weighted by atomic mass is 19.4. The lowest BCUT2D eigenvalue weighted by Crippen LogP contribution is -2.21. The van der Waals surface area contributed by atoms with Crippen LogP contribution in [0, 0.1) is 0 Å². The second kappa shape index (κ2) is 6.36. The van der Waals surface area contributed by atoms with Gasteiger partial charge in [-0.3, -0.25) is 9.59 Å². The SMILES string of the molecule is NC(=O)c1ccccc1-c1c(C(N)=O)cc(C(F)(F)F)cc1C(F)(F)F. The van der Waals surface area contributed by atoms with Crippen LogP contribution in [0.3, 0.4) is 0 Å². The first-order valence-corrected chi connectivity index (χ1v) is 6.85. The van der Waals surface area contributed by atoms with Crippen molar-refractivity contribution in [1.29, 1.82) is 0 Å². The zero-order valence-corrected chi connectivity index (χ0v) is 12.7. The number of primary amides is 2. The van der Waals surface area contributed by atoms with E-state index in [2.05, 4.69) is 0 Å². The first-order valence-electron chi connectivity index (χ1n) is 6.85. The molecule has 4 N–H and O–H groups in total. The Bertz CT molecular complexity index is 887. The number of alkyl halides is 6. The molecule has 10 heteroatoms. The molecule has 2 aromatic carbocycles. The van der Waals surface area contributed by atoms with E-state index < -0.39 is 57.5 Å². The van der Waals surface area contributed by atoms with Gasteiger partial charge in [0, 0.05) is 16.7 Å². The summed E-state index contributed by atoms with van der Waals surface area (Å²) in [6.07, 6.45) is -10.4. The van der Waals surface area contributed by atoms with E-state index >= 15 is 0 Å². The highest BCUT2D eigenvalue weighted by Gasteiger charge is 2.41. The molecule has 0 spiro atoms. The van der Waals surface area contributed by atoms with Crippen molar-refractivity contribution in [3.05, 3.63) is 58.7 Å². The minimum atomic E-state index is -5.26. The number of hydrogen-bond acceptors (Lipinski definition) is 2. The van der Waals surface area contributed by atoms with E-state index in [1.807, 2.05) is 0 Å². The number of carbonyl (C=O) groups excluding carboxylic acids is 2. The average Bonchev–Trinajstić information content (AvgIpc) is 2.51. The first kappa shape index (κ1) is 19.3. The Labute approximate surface area is 142 Å². The Balaban J connectivity index is 3.02. The zero-order chi connectivity index (χ0) is 19.9. The number of hydrogen-bond donors (Lipinski definition) is 2. The van der Waals surface area contributed by atoms with Gasteiger partial charge in [-0.15, -0.1) is 0 Å². The molecular formula is C16H10F6N2O2.